The van der Waals surface area contributed by atoms with Crippen molar-refractivity contribution in [3.05, 3.63) is 53.8 Å². The first kappa shape index (κ1) is 14.3. The average molecular weight is 275 g/mol. The zero-order chi connectivity index (χ0) is 14.5. The monoisotopic (exact) mass is 275 g/mol. The maximum Gasteiger partial charge on any atom is 0.166 e. The quantitative estimate of drug-likeness (QED) is 0.908. The van der Waals surface area contributed by atoms with E-state index in [-0.39, 0.29) is 11.8 Å². The lowest BCUT2D eigenvalue weighted by Gasteiger charge is -2.14. The molecule has 0 fully saturated rings. The van der Waals surface area contributed by atoms with E-state index in [1.807, 2.05) is 13.0 Å². The van der Waals surface area contributed by atoms with Gasteiger partial charge in [0.1, 0.15) is 11.5 Å². The van der Waals surface area contributed by atoms with Crippen LogP contribution in [0.2, 0.25) is 0 Å². The summed E-state index contributed by atoms with van der Waals surface area (Å²) in [5.41, 5.74) is 6.54. The Balaban J connectivity index is 2.31. The number of halogens is 1. The van der Waals surface area contributed by atoms with E-state index < -0.39 is 5.82 Å². The van der Waals surface area contributed by atoms with Crippen molar-refractivity contribution in [2.24, 2.45) is 5.73 Å². The van der Waals surface area contributed by atoms with Crippen molar-refractivity contribution in [1.82, 2.24) is 0 Å². The van der Waals surface area contributed by atoms with Crippen molar-refractivity contribution in [1.29, 1.82) is 0 Å². The van der Waals surface area contributed by atoms with Crippen molar-refractivity contribution in [2.45, 2.75) is 19.4 Å². The zero-order valence-electron chi connectivity index (χ0n) is 11.6. The van der Waals surface area contributed by atoms with Gasteiger partial charge in [0.2, 0.25) is 0 Å². The first-order chi connectivity index (χ1) is 9.60. The predicted molar refractivity (Wildman–Crippen MR) is 76.8 cm³/mol. The Bertz CT molecular complexity index is 584. The molecule has 20 heavy (non-hydrogen) atoms. The second-order valence-electron chi connectivity index (χ2n) is 4.69. The summed E-state index contributed by atoms with van der Waals surface area (Å²) < 4.78 is 24.8. The van der Waals surface area contributed by atoms with Gasteiger partial charge in [-0.25, -0.2) is 4.39 Å². The van der Waals surface area contributed by atoms with Crippen LogP contribution in [0.5, 0.6) is 17.2 Å². The highest BCUT2D eigenvalue weighted by atomic mass is 19.1. The van der Waals surface area contributed by atoms with Crippen molar-refractivity contribution in [2.75, 3.05) is 7.11 Å². The average Bonchev–Trinajstić information content (AvgIpc) is 2.42. The van der Waals surface area contributed by atoms with Crippen LogP contribution in [0.3, 0.4) is 0 Å². The summed E-state index contributed by atoms with van der Waals surface area (Å²) in [6, 6.07) is 11.8. The summed E-state index contributed by atoms with van der Waals surface area (Å²) in [5.74, 6) is 1.01. The Morgan fingerprint density at radius 1 is 1.15 bits per heavy atom. The third-order valence-electron chi connectivity index (χ3n) is 2.85. The maximum absolute atomic E-state index is 14.0. The van der Waals surface area contributed by atoms with E-state index in [0.29, 0.717) is 17.9 Å². The molecule has 0 aliphatic rings. The minimum absolute atomic E-state index is 0.0653. The molecule has 0 saturated carbocycles. The number of ether oxygens (including phenoxy) is 2. The first-order valence-electron chi connectivity index (χ1n) is 6.45. The fraction of sp³-hybridized carbons (Fsp3) is 0.250. The Kier molecular flexibility index (Phi) is 4.58. The zero-order valence-corrected chi connectivity index (χ0v) is 11.6. The van der Waals surface area contributed by atoms with E-state index in [0.717, 1.165) is 5.56 Å². The standard InChI is InChI=1S/C16H18FNO2/c1-11(18)9-12-5-3-8-15(17)16(12)20-14-7-4-6-13(10-14)19-2/h3-8,10-11H,9,18H2,1-2H3. The summed E-state index contributed by atoms with van der Waals surface area (Å²) in [6.07, 6.45) is 0.553. The second-order valence-corrected chi connectivity index (χ2v) is 4.69. The number of rotatable bonds is 5. The lowest BCUT2D eigenvalue weighted by atomic mass is 10.1. The number of benzene rings is 2. The molecule has 0 aliphatic heterocycles. The Morgan fingerprint density at radius 3 is 2.55 bits per heavy atom. The minimum Gasteiger partial charge on any atom is -0.497 e. The molecule has 4 heteroatoms. The van der Waals surface area contributed by atoms with E-state index in [9.17, 15) is 4.39 Å². The van der Waals surface area contributed by atoms with Crippen LogP contribution in [0.1, 0.15) is 12.5 Å². The van der Waals surface area contributed by atoms with Crippen LogP contribution in [0, 0.1) is 5.82 Å². The van der Waals surface area contributed by atoms with Gasteiger partial charge in [0.05, 0.1) is 7.11 Å². The van der Waals surface area contributed by atoms with Crippen molar-refractivity contribution >= 4 is 0 Å². The maximum atomic E-state index is 14.0. The van der Waals surface area contributed by atoms with E-state index in [2.05, 4.69) is 0 Å². The molecule has 1 atom stereocenters. The third kappa shape index (κ3) is 3.48. The molecule has 2 aromatic rings. The van der Waals surface area contributed by atoms with Crippen molar-refractivity contribution < 1.29 is 13.9 Å². The van der Waals surface area contributed by atoms with Gasteiger partial charge >= 0.3 is 0 Å². The Hall–Kier alpha value is -2.07. The SMILES string of the molecule is COc1cccc(Oc2c(F)cccc2CC(C)N)c1. The Morgan fingerprint density at radius 2 is 1.85 bits per heavy atom. The lowest BCUT2D eigenvalue weighted by molar-refractivity contribution is 0.403. The smallest absolute Gasteiger partial charge is 0.166 e. The minimum atomic E-state index is -0.397. The highest BCUT2D eigenvalue weighted by Gasteiger charge is 2.12. The lowest BCUT2D eigenvalue weighted by Crippen LogP contribution is -2.18. The van der Waals surface area contributed by atoms with E-state index in [1.54, 1.807) is 37.4 Å². The summed E-state index contributed by atoms with van der Waals surface area (Å²) in [4.78, 5) is 0. The molecule has 0 amide bonds. The summed E-state index contributed by atoms with van der Waals surface area (Å²) >= 11 is 0. The summed E-state index contributed by atoms with van der Waals surface area (Å²) in [7, 11) is 1.57. The molecule has 0 radical (unpaired) electrons. The normalized spacial score (nSPS) is 12.0. The number of para-hydroxylation sites is 1. The van der Waals surface area contributed by atoms with Gasteiger partial charge in [-0.1, -0.05) is 18.2 Å². The molecule has 0 bridgehead atoms. The van der Waals surface area contributed by atoms with Crippen LogP contribution in [-0.4, -0.2) is 13.2 Å². The highest BCUT2D eigenvalue weighted by Crippen LogP contribution is 2.30. The van der Waals surface area contributed by atoms with Gasteiger partial charge in [-0.15, -0.1) is 0 Å². The largest absolute Gasteiger partial charge is 0.497 e. The molecule has 0 saturated heterocycles. The molecule has 106 valence electrons. The van der Waals surface area contributed by atoms with Gasteiger partial charge in [0.15, 0.2) is 11.6 Å². The summed E-state index contributed by atoms with van der Waals surface area (Å²) in [6.45, 7) is 1.88. The van der Waals surface area contributed by atoms with Gasteiger partial charge in [0.25, 0.3) is 0 Å². The van der Waals surface area contributed by atoms with Gasteiger partial charge in [0, 0.05) is 12.1 Å². The van der Waals surface area contributed by atoms with Gasteiger partial charge in [-0.05, 0) is 37.1 Å². The van der Waals surface area contributed by atoms with Crippen LogP contribution in [0.4, 0.5) is 4.39 Å². The van der Waals surface area contributed by atoms with Crippen LogP contribution in [0.15, 0.2) is 42.5 Å². The fourth-order valence-electron chi connectivity index (χ4n) is 1.96. The van der Waals surface area contributed by atoms with E-state index in [1.165, 1.54) is 6.07 Å². The molecule has 2 aromatic carbocycles. The van der Waals surface area contributed by atoms with Crippen molar-refractivity contribution in [3.63, 3.8) is 0 Å². The number of hydrogen-bond donors (Lipinski definition) is 1. The highest BCUT2D eigenvalue weighted by molar-refractivity contribution is 5.41. The molecule has 0 aromatic heterocycles. The molecule has 0 heterocycles. The van der Waals surface area contributed by atoms with Crippen LogP contribution in [0.25, 0.3) is 0 Å². The van der Waals surface area contributed by atoms with Gasteiger partial charge in [-0.3, -0.25) is 0 Å². The topological polar surface area (TPSA) is 44.5 Å². The van der Waals surface area contributed by atoms with Crippen molar-refractivity contribution in [3.8, 4) is 17.2 Å². The van der Waals surface area contributed by atoms with Crippen LogP contribution in [-0.2, 0) is 6.42 Å². The molecule has 0 spiro atoms. The molecule has 0 aliphatic carbocycles. The molecule has 3 nitrogen and oxygen atoms in total. The third-order valence-corrected chi connectivity index (χ3v) is 2.85. The number of methoxy groups -OCH3 is 1. The number of nitrogens with two attached hydrogens (primary N) is 1. The van der Waals surface area contributed by atoms with E-state index >= 15 is 0 Å². The molecule has 1 unspecified atom stereocenters. The van der Waals surface area contributed by atoms with Crippen LogP contribution >= 0.6 is 0 Å². The Labute approximate surface area is 118 Å². The van der Waals surface area contributed by atoms with E-state index in [4.69, 9.17) is 15.2 Å². The number of hydrogen-bond acceptors (Lipinski definition) is 3. The van der Waals surface area contributed by atoms with Gasteiger partial charge < -0.3 is 15.2 Å². The summed E-state index contributed by atoms with van der Waals surface area (Å²) in [5, 5.41) is 0. The fourth-order valence-corrected chi connectivity index (χ4v) is 1.96. The van der Waals surface area contributed by atoms with Crippen LogP contribution < -0.4 is 15.2 Å². The molecular formula is C16H18FNO2. The molecule has 2 N–H and O–H groups in total. The molecular weight excluding hydrogens is 257 g/mol. The predicted octanol–water partition coefficient (Wildman–Crippen LogP) is 3.52. The van der Waals surface area contributed by atoms with Gasteiger partial charge in [-0.2, -0.15) is 0 Å². The molecule has 2 rings (SSSR count). The first-order valence-corrected chi connectivity index (χ1v) is 6.45. The second kappa shape index (κ2) is 6.39.